The van der Waals surface area contributed by atoms with Crippen LogP contribution in [0.4, 0.5) is 0 Å². The van der Waals surface area contributed by atoms with Crippen LogP contribution < -0.4 is 10.1 Å². The number of hydrogen-bond acceptors (Lipinski definition) is 3. The fourth-order valence-electron chi connectivity index (χ4n) is 3.88. The summed E-state index contributed by atoms with van der Waals surface area (Å²) in [5.41, 5.74) is 2.04. The van der Waals surface area contributed by atoms with Gasteiger partial charge in [-0.2, -0.15) is 0 Å². The number of hydrogen-bond donors (Lipinski definition) is 1. The highest BCUT2D eigenvalue weighted by Gasteiger charge is 2.38. The van der Waals surface area contributed by atoms with E-state index >= 15 is 0 Å². The van der Waals surface area contributed by atoms with E-state index in [1.54, 1.807) is 6.07 Å². The largest absolute Gasteiger partial charge is 0.488 e. The van der Waals surface area contributed by atoms with Crippen molar-refractivity contribution in [2.24, 2.45) is 5.41 Å². The summed E-state index contributed by atoms with van der Waals surface area (Å²) >= 11 is 6.04. The molecule has 1 spiro atoms. The molecule has 2 saturated heterocycles. The van der Waals surface area contributed by atoms with Crippen LogP contribution in [-0.2, 0) is 4.79 Å². The van der Waals surface area contributed by atoms with Crippen LogP contribution in [0.2, 0.25) is 5.02 Å². The van der Waals surface area contributed by atoms with E-state index in [1.165, 1.54) is 6.42 Å². The fourth-order valence-corrected chi connectivity index (χ4v) is 4.06. The zero-order valence-corrected chi connectivity index (χ0v) is 15.1. The summed E-state index contributed by atoms with van der Waals surface area (Å²) in [5.74, 6) is 0.900. The average Bonchev–Trinajstić information content (AvgIpc) is 3.02. The number of rotatable bonds is 1. The van der Waals surface area contributed by atoms with Gasteiger partial charge in [-0.1, -0.05) is 11.6 Å². The third-order valence-electron chi connectivity index (χ3n) is 5.40. The molecule has 1 amide bonds. The fraction of sp³-hybridized carbons (Fsp3) is 0.500. The minimum absolute atomic E-state index is 0. The smallest absolute Gasteiger partial charge is 0.253 e. The molecule has 0 radical (unpaired) electrons. The molecule has 1 aromatic rings. The Morgan fingerprint density at radius 1 is 1.25 bits per heavy atom. The molecule has 0 unspecified atom stereocenters. The average molecular weight is 369 g/mol. The Balaban J connectivity index is 0.00000169. The number of fused-ring (bicyclic) bond motifs is 1. The second-order valence-corrected chi connectivity index (χ2v) is 7.30. The molecule has 3 heterocycles. The number of likely N-dealkylation sites (tertiary alicyclic amines) is 1. The summed E-state index contributed by atoms with van der Waals surface area (Å²) in [6.45, 7) is 4.26. The molecule has 1 N–H and O–H groups in total. The number of carbonyl (C=O) groups is 1. The Morgan fingerprint density at radius 3 is 2.75 bits per heavy atom. The van der Waals surface area contributed by atoms with E-state index in [9.17, 15) is 4.79 Å². The van der Waals surface area contributed by atoms with Crippen LogP contribution in [0.25, 0.3) is 6.08 Å². The Hall–Kier alpha value is -1.23. The second kappa shape index (κ2) is 6.95. The maximum Gasteiger partial charge on any atom is 0.253 e. The van der Waals surface area contributed by atoms with Gasteiger partial charge >= 0.3 is 0 Å². The first-order valence-electron chi connectivity index (χ1n) is 8.28. The molecule has 0 saturated carbocycles. The van der Waals surface area contributed by atoms with Crippen LogP contribution in [0.1, 0.15) is 24.8 Å². The lowest BCUT2D eigenvalue weighted by atomic mass is 9.77. The van der Waals surface area contributed by atoms with Crippen molar-refractivity contribution in [2.45, 2.75) is 19.3 Å². The minimum atomic E-state index is 0. The summed E-state index contributed by atoms with van der Waals surface area (Å²) in [4.78, 5) is 14.8. The first-order chi connectivity index (χ1) is 11.2. The Bertz CT molecular complexity index is 659. The number of ether oxygens (including phenoxy) is 1. The Labute approximate surface area is 153 Å². The van der Waals surface area contributed by atoms with E-state index < -0.39 is 0 Å². The lowest BCUT2D eigenvalue weighted by molar-refractivity contribution is -0.129. The molecule has 0 bridgehead atoms. The first kappa shape index (κ1) is 17.6. The van der Waals surface area contributed by atoms with Gasteiger partial charge in [-0.25, -0.2) is 0 Å². The number of benzene rings is 1. The molecule has 3 aliphatic rings. The molecule has 0 atom stereocenters. The molecule has 24 heavy (non-hydrogen) atoms. The van der Waals surface area contributed by atoms with Crippen molar-refractivity contribution in [3.8, 4) is 5.75 Å². The van der Waals surface area contributed by atoms with E-state index in [0.717, 1.165) is 55.9 Å². The van der Waals surface area contributed by atoms with E-state index in [0.29, 0.717) is 17.0 Å². The number of nitrogens with one attached hydrogen (secondary N) is 1. The highest BCUT2D eigenvalue weighted by Crippen LogP contribution is 2.37. The number of carbonyl (C=O) groups excluding carboxylic acids is 1. The Morgan fingerprint density at radius 2 is 2.04 bits per heavy atom. The van der Waals surface area contributed by atoms with E-state index in [1.807, 2.05) is 23.1 Å². The van der Waals surface area contributed by atoms with Crippen molar-refractivity contribution in [1.29, 1.82) is 0 Å². The summed E-state index contributed by atoms with van der Waals surface area (Å²) in [5, 5.41) is 4.12. The monoisotopic (exact) mass is 368 g/mol. The number of nitrogens with zero attached hydrogens (tertiary/aromatic N) is 1. The van der Waals surface area contributed by atoms with Crippen molar-refractivity contribution in [2.75, 3.05) is 32.8 Å². The van der Waals surface area contributed by atoms with Gasteiger partial charge in [0.25, 0.3) is 5.91 Å². The van der Waals surface area contributed by atoms with E-state index in [2.05, 4.69) is 5.32 Å². The lowest BCUT2D eigenvalue weighted by Crippen LogP contribution is -2.45. The third kappa shape index (κ3) is 3.28. The third-order valence-corrected chi connectivity index (χ3v) is 5.64. The van der Waals surface area contributed by atoms with Gasteiger partial charge in [-0.15, -0.1) is 12.4 Å². The highest BCUT2D eigenvalue weighted by atomic mass is 35.5. The maximum absolute atomic E-state index is 12.8. The van der Waals surface area contributed by atoms with Gasteiger partial charge < -0.3 is 15.0 Å². The standard InChI is InChI=1S/C18H21ClN2O2.ClH/c19-15-1-2-16-13(10-15)9-14(11-23-16)17(22)21-7-4-18(5-8-21)3-6-20-12-18;/h1-2,9-10,20H,3-8,11-12H2;1H. The summed E-state index contributed by atoms with van der Waals surface area (Å²) in [6.07, 6.45) is 5.37. The highest BCUT2D eigenvalue weighted by molar-refractivity contribution is 6.30. The molecule has 0 aromatic heterocycles. The molecular weight excluding hydrogens is 347 g/mol. The van der Waals surface area contributed by atoms with Gasteiger partial charge in [0.15, 0.2) is 0 Å². The lowest BCUT2D eigenvalue weighted by Gasteiger charge is -2.39. The molecule has 6 heteroatoms. The molecule has 1 aromatic carbocycles. The van der Waals surface area contributed by atoms with Crippen LogP contribution in [-0.4, -0.2) is 43.6 Å². The SMILES string of the molecule is Cl.O=C(C1=Cc2cc(Cl)ccc2OC1)N1CCC2(CCNC2)CC1. The molecule has 4 nitrogen and oxygen atoms in total. The Kier molecular flexibility index (Phi) is 5.09. The molecule has 2 fully saturated rings. The van der Waals surface area contributed by atoms with Gasteiger partial charge in [0.2, 0.25) is 0 Å². The van der Waals surface area contributed by atoms with Gasteiger partial charge in [-0.05, 0) is 55.5 Å². The van der Waals surface area contributed by atoms with Crippen LogP contribution in [0.15, 0.2) is 23.8 Å². The van der Waals surface area contributed by atoms with Gasteiger partial charge in [-0.3, -0.25) is 4.79 Å². The molecule has 0 aliphatic carbocycles. The maximum atomic E-state index is 12.8. The summed E-state index contributed by atoms with van der Waals surface area (Å²) < 4.78 is 5.71. The first-order valence-corrected chi connectivity index (χ1v) is 8.66. The van der Waals surface area contributed by atoms with Crippen molar-refractivity contribution in [1.82, 2.24) is 10.2 Å². The van der Waals surface area contributed by atoms with Crippen molar-refractivity contribution < 1.29 is 9.53 Å². The van der Waals surface area contributed by atoms with Crippen LogP contribution in [0.5, 0.6) is 5.75 Å². The predicted molar refractivity (Wildman–Crippen MR) is 97.9 cm³/mol. The summed E-state index contributed by atoms with van der Waals surface area (Å²) in [6, 6.07) is 5.51. The number of halogens is 2. The van der Waals surface area contributed by atoms with Gasteiger partial charge in [0.1, 0.15) is 12.4 Å². The summed E-state index contributed by atoms with van der Waals surface area (Å²) in [7, 11) is 0. The van der Waals surface area contributed by atoms with Crippen LogP contribution >= 0.6 is 24.0 Å². The molecule has 130 valence electrons. The van der Waals surface area contributed by atoms with Crippen molar-refractivity contribution in [3.63, 3.8) is 0 Å². The zero-order chi connectivity index (χ0) is 15.9. The number of amides is 1. The molecule has 4 rings (SSSR count). The second-order valence-electron chi connectivity index (χ2n) is 6.86. The quantitative estimate of drug-likeness (QED) is 0.827. The molecule has 3 aliphatic heterocycles. The van der Waals surface area contributed by atoms with Gasteiger partial charge in [0.05, 0.1) is 5.57 Å². The predicted octanol–water partition coefficient (Wildman–Crippen LogP) is 3.14. The topological polar surface area (TPSA) is 41.6 Å². The van der Waals surface area contributed by atoms with Gasteiger partial charge in [0, 0.05) is 30.2 Å². The van der Waals surface area contributed by atoms with E-state index in [4.69, 9.17) is 16.3 Å². The number of piperidine rings is 1. The zero-order valence-electron chi connectivity index (χ0n) is 13.5. The van der Waals surface area contributed by atoms with Crippen molar-refractivity contribution >= 4 is 36.0 Å². The van der Waals surface area contributed by atoms with Crippen molar-refractivity contribution in [3.05, 3.63) is 34.4 Å². The van der Waals surface area contributed by atoms with E-state index in [-0.39, 0.29) is 18.3 Å². The van der Waals surface area contributed by atoms with Crippen LogP contribution in [0, 0.1) is 5.41 Å². The molecular formula is C18H22Cl2N2O2. The normalized spacial score (nSPS) is 21.5. The van der Waals surface area contributed by atoms with Crippen LogP contribution in [0.3, 0.4) is 0 Å². The minimum Gasteiger partial charge on any atom is -0.488 e.